The maximum Gasteiger partial charge on any atom is 0.330 e. The molecule has 0 aliphatic carbocycles. The molecule has 22 heavy (non-hydrogen) atoms. The third-order valence-corrected chi connectivity index (χ3v) is 4.60. The van der Waals surface area contributed by atoms with E-state index in [9.17, 15) is 19.0 Å². The second-order valence-electron chi connectivity index (χ2n) is 4.70. The van der Waals surface area contributed by atoms with Crippen molar-refractivity contribution in [2.45, 2.75) is 6.92 Å². The highest BCUT2D eigenvalue weighted by Gasteiger charge is 2.34. The molecule has 0 saturated carbocycles. The fourth-order valence-electron chi connectivity index (χ4n) is 2.15. The smallest absolute Gasteiger partial charge is 0.330 e. The van der Waals surface area contributed by atoms with Gasteiger partial charge in [-0.2, -0.15) is 0 Å². The zero-order chi connectivity index (χ0) is 16.2. The van der Waals surface area contributed by atoms with E-state index >= 15 is 0 Å². The van der Waals surface area contributed by atoms with Crippen LogP contribution in [0.15, 0.2) is 24.3 Å². The molecular weight excluding hydrogens is 309 g/mol. The molecule has 1 aromatic carbocycles. The van der Waals surface area contributed by atoms with Crippen LogP contribution in [0.3, 0.4) is 0 Å². The van der Waals surface area contributed by atoms with Crippen molar-refractivity contribution in [1.82, 2.24) is 4.90 Å². The van der Waals surface area contributed by atoms with Gasteiger partial charge in [0.05, 0.1) is 43.7 Å². The lowest BCUT2D eigenvalue weighted by molar-refractivity contribution is 0.0572. The van der Waals surface area contributed by atoms with Crippen LogP contribution in [0.5, 0.6) is 0 Å². The number of fused-ring (bicyclic) bond motifs is 1. The Balaban J connectivity index is 1.78. The van der Waals surface area contributed by atoms with Crippen molar-refractivity contribution in [2.75, 3.05) is 32.5 Å². The van der Waals surface area contributed by atoms with Crippen LogP contribution in [0.1, 0.15) is 27.6 Å². The number of nitrogens with zero attached hydrogens (tertiary/aromatic N) is 1. The molecule has 0 radical (unpaired) electrons. The summed E-state index contributed by atoms with van der Waals surface area (Å²) in [6, 6.07) is 6.63. The van der Waals surface area contributed by atoms with E-state index in [4.69, 9.17) is 9.26 Å². The Morgan fingerprint density at radius 2 is 1.73 bits per heavy atom. The average Bonchev–Trinajstić information content (AvgIpc) is 2.72. The Bertz CT molecular complexity index is 582. The summed E-state index contributed by atoms with van der Waals surface area (Å²) in [6.45, 7) is 2.03. The second kappa shape index (κ2) is 7.15. The van der Waals surface area contributed by atoms with Gasteiger partial charge in [0.15, 0.2) is 0 Å². The van der Waals surface area contributed by atoms with E-state index in [-0.39, 0.29) is 44.3 Å². The van der Waals surface area contributed by atoms with E-state index in [0.29, 0.717) is 11.1 Å². The van der Waals surface area contributed by atoms with Gasteiger partial charge in [-0.3, -0.25) is 19.1 Å². The van der Waals surface area contributed by atoms with Gasteiger partial charge < -0.3 is 14.2 Å². The molecule has 8 heteroatoms. The van der Waals surface area contributed by atoms with Crippen LogP contribution in [-0.4, -0.2) is 54.1 Å². The summed E-state index contributed by atoms with van der Waals surface area (Å²) in [6.07, 6.45) is -0.122. The molecule has 7 nitrogen and oxygen atoms in total. The molecule has 2 amide bonds. The first kappa shape index (κ1) is 16.8. The van der Waals surface area contributed by atoms with E-state index in [0.717, 1.165) is 4.90 Å². The highest BCUT2D eigenvalue weighted by atomic mass is 31.2. The van der Waals surface area contributed by atoms with E-state index in [1.165, 1.54) is 0 Å². The second-order valence-corrected chi connectivity index (χ2v) is 6.68. The number of carbonyl (C=O) groups is 2. The average molecular weight is 327 g/mol. The van der Waals surface area contributed by atoms with Crippen molar-refractivity contribution in [3.8, 4) is 0 Å². The molecule has 0 saturated heterocycles. The first-order valence-electron chi connectivity index (χ1n) is 6.95. The molecule has 0 fully saturated rings. The molecule has 2 rings (SSSR count). The minimum absolute atomic E-state index is 0.0247. The number of benzene rings is 1. The van der Waals surface area contributed by atoms with E-state index < -0.39 is 7.60 Å². The summed E-state index contributed by atoms with van der Waals surface area (Å²) in [5, 5.41) is 0. The van der Waals surface area contributed by atoms with Crippen LogP contribution in [0.4, 0.5) is 0 Å². The molecule has 1 atom stereocenters. The summed E-state index contributed by atoms with van der Waals surface area (Å²) < 4.78 is 21.3. The topological polar surface area (TPSA) is 93.1 Å². The molecular formula is C14H18NO6P. The summed E-state index contributed by atoms with van der Waals surface area (Å²) >= 11 is 0. The summed E-state index contributed by atoms with van der Waals surface area (Å²) in [7, 11) is -3.60. The molecule has 1 N–H and O–H groups in total. The fourth-order valence-corrected chi connectivity index (χ4v) is 3.04. The van der Waals surface area contributed by atoms with Crippen molar-refractivity contribution in [3.63, 3.8) is 0 Å². The van der Waals surface area contributed by atoms with Gasteiger partial charge >= 0.3 is 7.60 Å². The molecule has 0 bridgehead atoms. The molecule has 0 aromatic heterocycles. The Morgan fingerprint density at radius 1 is 1.14 bits per heavy atom. The number of ether oxygens (including phenoxy) is 1. The lowest BCUT2D eigenvalue weighted by Gasteiger charge is -2.14. The molecule has 1 unspecified atom stereocenters. The van der Waals surface area contributed by atoms with Gasteiger partial charge in [-0.25, -0.2) is 0 Å². The van der Waals surface area contributed by atoms with E-state index in [1.54, 1.807) is 31.2 Å². The largest absolute Gasteiger partial charge is 0.379 e. The Kier molecular flexibility index (Phi) is 5.47. The van der Waals surface area contributed by atoms with Gasteiger partial charge in [0.25, 0.3) is 11.8 Å². The molecule has 1 aliphatic heterocycles. The normalized spacial score (nSPS) is 16.7. The van der Waals surface area contributed by atoms with Crippen LogP contribution in [0.25, 0.3) is 0 Å². The molecule has 0 spiro atoms. The maximum atomic E-state index is 12.1. The number of hydrogen-bond donors (Lipinski definition) is 1. The summed E-state index contributed by atoms with van der Waals surface area (Å²) in [5.74, 6) is -0.683. The monoisotopic (exact) mass is 327 g/mol. The zero-order valence-electron chi connectivity index (χ0n) is 12.2. The quantitative estimate of drug-likeness (QED) is 0.442. The first-order valence-corrected chi connectivity index (χ1v) is 8.72. The SMILES string of the molecule is CCOP(=O)(O)CCOCCN1C(=O)c2ccccc2C1=O. The number of imide groups is 1. The predicted octanol–water partition coefficient (Wildman–Crippen LogP) is 1.52. The minimum Gasteiger partial charge on any atom is -0.379 e. The summed E-state index contributed by atoms with van der Waals surface area (Å²) in [5.41, 5.74) is 0.785. The van der Waals surface area contributed by atoms with Crippen LogP contribution in [0, 0.1) is 0 Å². The van der Waals surface area contributed by atoms with Crippen molar-refractivity contribution in [3.05, 3.63) is 35.4 Å². The van der Waals surface area contributed by atoms with Crippen molar-refractivity contribution in [2.24, 2.45) is 0 Å². The van der Waals surface area contributed by atoms with Crippen LogP contribution < -0.4 is 0 Å². The van der Waals surface area contributed by atoms with Crippen molar-refractivity contribution in [1.29, 1.82) is 0 Å². The maximum absolute atomic E-state index is 12.1. The van der Waals surface area contributed by atoms with Gasteiger partial charge in [-0.05, 0) is 19.1 Å². The van der Waals surface area contributed by atoms with Crippen molar-refractivity contribution < 1.29 is 28.3 Å². The fraction of sp³-hybridized carbons (Fsp3) is 0.429. The Hall–Kier alpha value is -1.53. The number of rotatable bonds is 8. The lowest BCUT2D eigenvalue weighted by atomic mass is 10.1. The first-order chi connectivity index (χ1) is 10.5. The van der Waals surface area contributed by atoms with Gasteiger partial charge in [-0.1, -0.05) is 12.1 Å². The van der Waals surface area contributed by atoms with Gasteiger partial charge in [-0.15, -0.1) is 0 Å². The number of hydrogen-bond acceptors (Lipinski definition) is 5. The predicted molar refractivity (Wildman–Crippen MR) is 78.9 cm³/mol. The standard InChI is InChI=1S/C14H18NO6P/c1-2-21-22(18,19)10-9-20-8-7-15-13(16)11-5-3-4-6-12(11)14(15)17/h3-6H,2,7-10H2,1H3,(H,18,19). The molecule has 1 heterocycles. The number of amides is 2. The highest BCUT2D eigenvalue weighted by Crippen LogP contribution is 2.40. The lowest BCUT2D eigenvalue weighted by Crippen LogP contribution is -2.33. The van der Waals surface area contributed by atoms with Gasteiger partial charge in [0.2, 0.25) is 0 Å². The van der Waals surface area contributed by atoms with Gasteiger partial charge in [0, 0.05) is 0 Å². The van der Waals surface area contributed by atoms with E-state index in [2.05, 4.69) is 0 Å². The Morgan fingerprint density at radius 3 is 2.27 bits per heavy atom. The highest BCUT2D eigenvalue weighted by molar-refractivity contribution is 7.52. The molecule has 1 aliphatic rings. The summed E-state index contributed by atoms with van der Waals surface area (Å²) in [4.78, 5) is 34.6. The Labute approximate surface area is 128 Å². The van der Waals surface area contributed by atoms with Crippen LogP contribution in [0.2, 0.25) is 0 Å². The van der Waals surface area contributed by atoms with Gasteiger partial charge in [0.1, 0.15) is 0 Å². The van der Waals surface area contributed by atoms with Crippen LogP contribution >= 0.6 is 7.60 Å². The third-order valence-electron chi connectivity index (χ3n) is 3.19. The molecule has 1 aromatic rings. The van der Waals surface area contributed by atoms with Crippen molar-refractivity contribution >= 4 is 19.4 Å². The number of carbonyl (C=O) groups excluding carboxylic acids is 2. The molecule has 120 valence electrons. The van der Waals surface area contributed by atoms with Crippen LogP contribution in [-0.2, 0) is 13.8 Å². The minimum atomic E-state index is -3.60. The van der Waals surface area contributed by atoms with E-state index in [1.807, 2.05) is 0 Å². The third kappa shape index (κ3) is 3.81. The zero-order valence-corrected chi connectivity index (χ0v) is 13.1.